The predicted octanol–water partition coefficient (Wildman–Crippen LogP) is 1.87. The smallest absolute Gasteiger partial charge is 0.428 e. The summed E-state index contributed by atoms with van der Waals surface area (Å²) in [6.07, 6.45) is 8.89. The highest BCUT2D eigenvalue weighted by Gasteiger charge is 2.57. The monoisotopic (exact) mass is 378 g/mol. The lowest BCUT2D eigenvalue weighted by atomic mass is 9.48. The second-order valence-electron chi connectivity index (χ2n) is 9.88. The average Bonchev–Trinajstić information content (AvgIpc) is 3.10. The fourth-order valence-electron chi connectivity index (χ4n) is 6.94. The van der Waals surface area contributed by atoms with E-state index in [0.29, 0.717) is 23.7 Å². The van der Waals surface area contributed by atoms with Crippen LogP contribution < -0.4 is 5.46 Å². The van der Waals surface area contributed by atoms with Gasteiger partial charge in [-0.05, 0) is 69.8 Å². The normalized spacial score (nSPS) is 36.4. The lowest BCUT2D eigenvalue weighted by Gasteiger charge is -2.58. The van der Waals surface area contributed by atoms with Gasteiger partial charge < -0.3 is 20.0 Å². The molecule has 1 aliphatic heterocycles. The van der Waals surface area contributed by atoms with Gasteiger partial charge in [0, 0.05) is 40.8 Å². The Labute approximate surface area is 165 Å². The highest BCUT2D eigenvalue weighted by atomic mass is 16.3. The van der Waals surface area contributed by atoms with E-state index in [-0.39, 0.29) is 6.04 Å². The topological polar surface area (TPSA) is 84.7 Å². The Kier molecular flexibility index (Phi) is 3.41. The number of H-pyrrole nitrogens is 1. The van der Waals surface area contributed by atoms with Crippen LogP contribution in [-0.4, -0.2) is 49.4 Å². The summed E-state index contributed by atoms with van der Waals surface area (Å²) in [5, 5.41) is 28.2. The summed E-state index contributed by atoms with van der Waals surface area (Å²) in [5.74, 6) is 1.98. The second kappa shape index (κ2) is 5.60. The molecule has 4 aliphatic carbocycles. The molecule has 2 aromatic rings. The van der Waals surface area contributed by atoms with E-state index in [9.17, 15) is 10.1 Å². The van der Waals surface area contributed by atoms with E-state index in [0.717, 1.165) is 47.0 Å². The fraction of sp³-hybridized carbons (Fsp3) is 0.619. The van der Waals surface area contributed by atoms with Crippen molar-refractivity contribution in [1.29, 1.82) is 0 Å². The van der Waals surface area contributed by atoms with Gasteiger partial charge in [0.1, 0.15) is 5.65 Å². The van der Waals surface area contributed by atoms with Crippen LogP contribution in [0.4, 0.5) is 0 Å². The summed E-state index contributed by atoms with van der Waals surface area (Å²) < 4.78 is 0. The quantitative estimate of drug-likeness (QED) is 0.697. The third-order valence-corrected chi connectivity index (χ3v) is 7.71. The highest BCUT2D eigenvalue weighted by Crippen LogP contribution is 2.59. The van der Waals surface area contributed by atoms with Crippen LogP contribution in [0.3, 0.4) is 0 Å². The molecule has 2 aromatic heterocycles. The van der Waals surface area contributed by atoms with Gasteiger partial charge in [0.2, 0.25) is 0 Å². The first-order chi connectivity index (χ1) is 13.4. The first-order valence-electron chi connectivity index (χ1n) is 10.7. The van der Waals surface area contributed by atoms with Gasteiger partial charge >= 0.3 is 7.05 Å². The van der Waals surface area contributed by atoms with Crippen LogP contribution in [0.25, 0.3) is 11.0 Å². The van der Waals surface area contributed by atoms with Gasteiger partial charge in [0.25, 0.3) is 0 Å². The molecule has 4 saturated carbocycles. The first-order valence-corrected chi connectivity index (χ1v) is 10.7. The lowest BCUT2D eigenvalue weighted by molar-refractivity contribution is -0.138. The Morgan fingerprint density at radius 3 is 2.68 bits per heavy atom. The van der Waals surface area contributed by atoms with Crippen molar-refractivity contribution >= 4 is 29.3 Å². The molecular weight excluding hydrogens is 351 g/mol. The summed E-state index contributed by atoms with van der Waals surface area (Å²) in [6, 6.07) is 2.15. The van der Waals surface area contributed by atoms with Crippen LogP contribution in [0.1, 0.15) is 51.5 Å². The number of aliphatic hydroxyl groups is 1. The van der Waals surface area contributed by atoms with E-state index in [1.165, 1.54) is 12.8 Å². The minimum Gasteiger partial charge on any atom is -0.428 e. The van der Waals surface area contributed by atoms with E-state index in [1.807, 2.05) is 17.3 Å². The van der Waals surface area contributed by atoms with Crippen molar-refractivity contribution in [3.05, 3.63) is 24.0 Å². The number of pyridine rings is 1. The van der Waals surface area contributed by atoms with Gasteiger partial charge in [-0.25, -0.2) is 4.98 Å². The maximum absolute atomic E-state index is 11.0. The third-order valence-electron chi connectivity index (χ3n) is 7.71. The molecule has 3 N–H and O–H groups in total. The van der Waals surface area contributed by atoms with Gasteiger partial charge in [-0.1, -0.05) is 0 Å². The van der Waals surface area contributed by atoms with Gasteiger partial charge in [-0.3, -0.25) is 0 Å². The number of aromatic nitrogens is 2. The number of aromatic amines is 1. The van der Waals surface area contributed by atoms with Gasteiger partial charge in [-0.15, -0.1) is 0 Å². The molecule has 7 rings (SSSR count). The number of nitrogens with one attached hydrogen (secondary N) is 1. The van der Waals surface area contributed by atoms with Crippen LogP contribution in [0, 0.1) is 23.7 Å². The maximum Gasteiger partial charge on any atom is 0.468 e. The molecular formula is C21H27BN4O2. The zero-order chi connectivity index (χ0) is 19.2. The van der Waals surface area contributed by atoms with Crippen molar-refractivity contribution in [3.8, 4) is 0 Å². The van der Waals surface area contributed by atoms with E-state index in [1.54, 1.807) is 0 Å². The van der Waals surface area contributed by atoms with E-state index in [2.05, 4.69) is 29.9 Å². The van der Waals surface area contributed by atoms with Crippen molar-refractivity contribution in [2.75, 3.05) is 0 Å². The predicted molar refractivity (Wildman–Crippen MR) is 109 cm³/mol. The number of hydrazone groups is 1. The van der Waals surface area contributed by atoms with E-state index in [4.69, 9.17) is 5.10 Å². The molecule has 0 radical (unpaired) electrons. The summed E-state index contributed by atoms with van der Waals surface area (Å²) >= 11 is 0. The Morgan fingerprint density at radius 1 is 1.25 bits per heavy atom. The van der Waals surface area contributed by atoms with Crippen LogP contribution in [0.5, 0.6) is 0 Å². The largest absolute Gasteiger partial charge is 0.468 e. The van der Waals surface area contributed by atoms with Crippen LogP contribution in [-0.2, 0) is 0 Å². The average molecular weight is 378 g/mol. The van der Waals surface area contributed by atoms with Crippen molar-refractivity contribution in [1.82, 2.24) is 14.9 Å². The van der Waals surface area contributed by atoms with Crippen molar-refractivity contribution in [2.45, 2.75) is 57.6 Å². The molecule has 6 nitrogen and oxygen atoms in total. The molecule has 7 heteroatoms. The molecule has 28 heavy (non-hydrogen) atoms. The number of rotatable bonds is 2. The number of nitrogens with zero attached hydrogens (tertiary/aromatic N) is 3. The number of hydrogen-bond donors (Lipinski definition) is 3. The van der Waals surface area contributed by atoms with Crippen LogP contribution in [0.2, 0.25) is 0 Å². The summed E-state index contributed by atoms with van der Waals surface area (Å²) in [6.45, 7) is 4.13. The Balaban J connectivity index is 1.54. The second-order valence-corrected chi connectivity index (χ2v) is 9.88. The Hall–Kier alpha value is -1.86. The van der Waals surface area contributed by atoms with Gasteiger partial charge in [0.05, 0.1) is 11.3 Å². The molecule has 2 unspecified atom stereocenters. The summed E-state index contributed by atoms with van der Waals surface area (Å²) in [5.41, 5.74) is 3.43. The molecule has 2 atom stereocenters. The molecule has 4 bridgehead atoms. The lowest BCUT2D eigenvalue weighted by Crippen LogP contribution is -2.60. The van der Waals surface area contributed by atoms with Gasteiger partial charge in [0.15, 0.2) is 0 Å². The SMILES string of the molecule is CC(C)N1N=C(C2C3CC4CC2CC(O)(C4)C3)c2c(cnc3[nH]ccc23)B1O. The molecule has 0 aromatic carbocycles. The highest BCUT2D eigenvalue weighted by molar-refractivity contribution is 6.66. The molecule has 146 valence electrons. The van der Waals surface area contributed by atoms with E-state index < -0.39 is 12.7 Å². The van der Waals surface area contributed by atoms with Crippen molar-refractivity contribution < 1.29 is 10.1 Å². The zero-order valence-corrected chi connectivity index (χ0v) is 16.5. The minimum absolute atomic E-state index is 0.0982. The molecule has 0 spiro atoms. The summed E-state index contributed by atoms with van der Waals surface area (Å²) in [7, 11) is -0.772. The number of hydrogen-bond acceptors (Lipinski definition) is 5. The zero-order valence-electron chi connectivity index (χ0n) is 16.5. The maximum atomic E-state index is 11.0. The van der Waals surface area contributed by atoms with E-state index >= 15 is 0 Å². The summed E-state index contributed by atoms with van der Waals surface area (Å²) in [4.78, 5) is 9.59. The van der Waals surface area contributed by atoms with Gasteiger partial charge in [-0.2, -0.15) is 5.10 Å². The Bertz CT molecular complexity index is 970. The molecule has 5 aliphatic rings. The first kappa shape index (κ1) is 17.0. The standard InChI is InChI=1S/C21H27BN4O2/c1-11(2)26-22(28)16-10-24-20-15(3-4-23-20)18(16)19(25-26)17-13-5-12-6-14(17)9-21(27,7-12)8-13/h3-4,10-14,17,27-28H,5-9H2,1-2H3,(H,23,24). The number of fused-ring (bicyclic) bond motifs is 3. The molecule has 3 heterocycles. The Morgan fingerprint density at radius 2 is 2.00 bits per heavy atom. The fourth-order valence-corrected chi connectivity index (χ4v) is 6.94. The molecule has 0 amide bonds. The van der Waals surface area contributed by atoms with Crippen molar-refractivity contribution in [2.24, 2.45) is 28.8 Å². The van der Waals surface area contributed by atoms with Crippen LogP contribution in [0.15, 0.2) is 23.6 Å². The van der Waals surface area contributed by atoms with Crippen molar-refractivity contribution in [3.63, 3.8) is 0 Å². The minimum atomic E-state index is -0.772. The van der Waals surface area contributed by atoms with Crippen LogP contribution >= 0.6 is 0 Å². The molecule has 0 saturated heterocycles. The molecule has 4 fully saturated rings. The third kappa shape index (κ3) is 2.23.